The van der Waals surface area contributed by atoms with Gasteiger partial charge in [0.15, 0.2) is 0 Å². The van der Waals surface area contributed by atoms with Crippen LogP contribution in [0.3, 0.4) is 0 Å². The third-order valence-corrected chi connectivity index (χ3v) is 4.40. The van der Waals surface area contributed by atoms with Crippen LogP contribution in [0.4, 0.5) is 4.39 Å². The van der Waals surface area contributed by atoms with E-state index in [1.807, 2.05) is 25.1 Å². The number of nitrogens with zero attached hydrogens (tertiary/aromatic N) is 3. The maximum absolute atomic E-state index is 13.0. The van der Waals surface area contributed by atoms with Crippen LogP contribution in [0.1, 0.15) is 28.5 Å². The van der Waals surface area contributed by atoms with E-state index in [0.29, 0.717) is 23.6 Å². The third kappa shape index (κ3) is 3.78. The molecule has 0 N–H and O–H groups in total. The first-order valence-corrected chi connectivity index (χ1v) is 8.70. The highest BCUT2D eigenvalue weighted by Crippen LogP contribution is 2.20. The Kier molecular flexibility index (Phi) is 5.38. The monoisotopic (exact) mass is 371 g/mol. The first kappa shape index (κ1) is 18.1. The number of benzene rings is 2. The van der Waals surface area contributed by atoms with Crippen molar-refractivity contribution in [3.8, 4) is 5.69 Å². The molecule has 1 heterocycles. The summed E-state index contributed by atoms with van der Waals surface area (Å²) in [5.41, 5.74) is 3.05. The predicted molar refractivity (Wildman–Crippen MR) is 100 cm³/mol. The van der Waals surface area contributed by atoms with Crippen molar-refractivity contribution in [3.63, 3.8) is 0 Å². The van der Waals surface area contributed by atoms with Crippen molar-refractivity contribution in [2.75, 3.05) is 7.05 Å². The fourth-order valence-electron chi connectivity index (χ4n) is 2.86. The molecule has 0 bridgehead atoms. The fourth-order valence-corrected chi connectivity index (χ4v) is 3.05. The van der Waals surface area contributed by atoms with Gasteiger partial charge in [-0.1, -0.05) is 36.7 Å². The van der Waals surface area contributed by atoms with E-state index < -0.39 is 0 Å². The molecular formula is C20H19ClFN3O. The molecule has 0 spiro atoms. The maximum atomic E-state index is 13.0. The van der Waals surface area contributed by atoms with Gasteiger partial charge in [-0.2, -0.15) is 5.10 Å². The van der Waals surface area contributed by atoms with Gasteiger partial charge in [0, 0.05) is 18.6 Å². The minimum atomic E-state index is -0.293. The Labute approximate surface area is 156 Å². The van der Waals surface area contributed by atoms with Crippen LogP contribution in [0, 0.1) is 5.82 Å². The molecule has 0 aliphatic carbocycles. The molecule has 0 atom stereocenters. The lowest BCUT2D eigenvalue weighted by Crippen LogP contribution is -2.27. The number of halogens is 2. The number of rotatable bonds is 5. The zero-order valence-corrected chi connectivity index (χ0v) is 15.4. The van der Waals surface area contributed by atoms with Gasteiger partial charge in [-0.25, -0.2) is 9.07 Å². The van der Waals surface area contributed by atoms with Crippen molar-refractivity contribution in [1.29, 1.82) is 0 Å². The lowest BCUT2D eigenvalue weighted by molar-refractivity contribution is 0.0784. The van der Waals surface area contributed by atoms with Crippen molar-refractivity contribution < 1.29 is 9.18 Å². The van der Waals surface area contributed by atoms with Gasteiger partial charge in [0.2, 0.25) is 0 Å². The van der Waals surface area contributed by atoms with Gasteiger partial charge in [-0.05, 0) is 42.3 Å². The van der Waals surface area contributed by atoms with E-state index in [2.05, 4.69) is 5.10 Å². The van der Waals surface area contributed by atoms with E-state index in [1.165, 1.54) is 12.1 Å². The second-order valence-electron chi connectivity index (χ2n) is 6.04. The molecule has 3 rings (SSSR count). The van der Waals surface area contributed by atoms with Gasteiger partial charge in [0.05, 0.1) is 23.1 Å². The molecule has 0 aliphatic rings. The second-order valence-corrected chi connectivity index (χ2v) is 6.47. The van der Waals surface area contributed by atoms with Crippen LogP contribution < -0.4 is 0 Å². The molecule has 3 aromatic rings. The fraction of sp³-hybridized carbons (Fsp3) is 0.200. The van der Waals surface area contributed by atoms with Gasteiger partial charge in [0.1, 0.15) is 5.82 Å². The topological polar surface area (TPSA) is 38.1 Å². The van der Waals surface area contributed by atoms with E-state index >= 15 is 0 Å². The molecule has 4 nitrogen and oxygen atoms in total. The van der Waals surface area contributed by atoms with E-state index in [9.17, 15) is 9.18 Å². The smallest absolute Gasteiger partial charge is 0.257 e. The SMILES string of the molecule is CCc1c(C(=O)N(C)Cc2ccc(F)cc2)cnn1-c1cccc(Cl)c1. The average molecular weight is 372 g/mol. The highest BCUT2D eigenvalue weighted by Gasteiger charge is 2.20. The van der Waals surface area contributed by atoms with Crippen molar-refractivity contribution in [3.05, 3.63) is 82.4 Å². The molecule has 0 radical (unpaired) electrons. The molecule has 134 valence electrons. The van der Waals surface area contributed by atoms with Crippen molar-refractivity contribution in [2.45, 2.75) is 19.9 Å². The molecular weight excluding hydrogens is 353 g/mol. The zero-order chi connectivity index (χ0) is 18.7. The average Bonchev–Trinajstić information content (AvgIpc) is 3.07. The van der Waals surface area contributed by atoms with Crippen molar-refractivity contribution in [1.82, 2.24) is 14.7 Å². The zero-order valence-electron chi connectivity index (χ0n) is 14.6. The number of hydrogen-bond acceptors (Lipinski definition) is 2. The lowest BCUT2D eigenvalue weighted by atomic mass is 10.1. The molecule has 26 heavy (non-hydrogen) atoms. The summed E-state index contributed by atoms with van der Waals surface area (Å²) in [7, 11) is 1.72. The normalized spacial score (nSPS) is 10.8. The molecule has 1 amide bonds. The highest BCUT2D eigenvalue weighted by molar-refractivity contribution is 6.30. The number of carbonyl (C=O) groups is 1. The van der Waals surface area contributed by atoms with Gasteiger partial charge < -0.3 is 4.90 Å². The number of amides is 1. The highest BCUT2D eigenvalue weighted by atomic mass is 35.5. The number of carbonyl (C=O) groups excluding carboxylic acids is 1. The summed E-state index contributed by atoms with van der Waals surface area (Å²) >= 11 is 6.07. The Balaban J connectivity index is 1.86. The predicted octanol–water partition coefficient (Wildman–Crippen LogP) is 4.50. The first-order chi connectivity index (χ1) is 12.5. The molecule has 0 saturated carbocycles. The Bertz CT molecular complexity index is 921. The van der Waals surface area contributed by atoms with Gasteiger partial charge in [-0.3, -0.25) is 4.79 Å². The van der Waals surface area contributed by atoms with Gasteiger partial charge in [0.25, 0.3) is 5.91 Å². The quantitative estimate of drug-likeness (QED) is 0.662. The Morgan fingerprint density at radius 3 is 2.62 bits per heavy atom. The Morgan fingerprint density at radius 2 is 1.96 bits per heavy atom. The maximum Gasteiger partial charge on any atom is 0.257 e. The summed E-state index contributed by atoms with van der Waals surface area (Å²) in [4.78, 5) is 14.5. The van der Waals surface area contributed by atoms with Crippen LogP contribution >= 0.6 is 11.6 Å². The van der Waals surface area contributed by atoms with Crippen LogP contribution in [0.2, 0.25) is 5.02 Å². The van der Waals surface area contributed by atoms with Crippen molar-refractivity contribution >= 4 is 17.5 Å². The van der Waals surface area contributed by atoms with E-state index in [-0.39, 0.29) is 11.7 Å². The first-order valence-electron chi connectivity index (χ1n) is 8.32. The van der Waals surface area contributed by atoms with Crippen LogP contribution in [-0.2, 0) is 13.0 Å². The van der Waals surface area contributed by atoms with Crippen LogP contribution in [0.25, 0.3) is 5.69 Å². The summed E-state index contributed by atoms with van der Waals surface area (Å²) < 4.78 is 14.8. The van der Waals surface area contributed by atoms with E-state index in [1.54, 1.807) is 41.0 Å². The molecule has 0 aliphatic heterocycles. The third-order valence-electron chi connectivity index (χ3n) is 4.17. The molecule has 0 saturated heterocycles. The number of aromatic nitrogens is 2. The number of hydrogen-bond donors (Lipinski definition) is 0. The van der Waals surface area contributed by atoms with Crippen LogP contribution in [0.15, 0.2) is 54.7 Å². The summed E-state index contributed by atoms with van der Waals surface area (Å²) in [5.74, 6) is -0.418. The molecule has 2 aromatic carbocycles. The largest absolute Gasteiger partial charge is 0.337 e. The molecule has 6 heteroatoms. The minimum absolute atomic E-state index is 0.126. The summed E-state index contributed by atoms with van der Waals surface area (Å²) in [5, 5.41) is 4.99. The lowest BCUT2D eigenvalue weighted by Gasteiger charge is -2.17. The Morgan fingerprint density at radius 1 is 1.23 bits per heavy atom. The summed E-state index contributed by atoms with van der Waals surface area (Å²) in [6, 6.07) is 13.5. The van der Waals surface area contributed by atoms with E-state index in [4.69, 9.17) is 11.6 Å². The van der Waals surface area contributed by atoms with Crippen molar-refractivity contribution in [2.24, 2.45) is 0 Å². The van der Waals surface area contributed by atoms with Crippen LogP contribution in [0.5, 0.6) is 0 Å². The summed E-state index contributed by atoms with van der Waals surface area (Å²) in [6.07, 6.45) is 2.24. The minimum Gasteiger partial charge on any atom is -0.337 e. The van der Waals surface area contributed by atoms with E-state index in [0.717, 1.165) is 16.9 Å². The molecule has 1 aromatic heterocycles. The molecule has 0 unspecified atom stereocenters. The second kappa shape index (κ2) is 7.70. The van der Waals surface area contributed by atoms with Gasteiger partial charge in [-0.15, -0.1) is 0 Å². The Hall–Kier alpha value is -2.66. The van der Waals surface area contributed by atoms with Gasteiger partial charge >= 0.3 is 0 Å². The van der Waals surface area contributed by atoms with Crippen LogP contribution in [-0.4, -0.2) is 27.6 Å². The summed E-state index contributed by atoms with van der Waals surface area (Å²) in [6.45, 7) is 2.37. The standard InChI is InChI=1S/C20H19ClFN3O/c1-3-19-18(12-23-25(19)17-6-4-5-15(21)11-17)20(26)24(2)13-14-7-9-16(22)10-8-14/h4-12H,3,13H2,1-2H3. The molecule has 0 fully saturated rings.